The third-order valence-corrected chi connectivity index (χ3v) is 4.92. The topological polar surface area (TPSA) is 68.8 Å². The van der Waals surface area contributed by atoms with Crippen LogP contribution in [0.3, 0.4) is 0 Å². The largest absolute Gasteiger partial charge is 0.454 e. The first kappa shape index (κ1) is 14.3. The fourth-order valence-electron chi connectivity index (χ4n) is 2.35. The van der Waals surface area contributed by atoms with Gasteiger partial charge in [-0.2, -0.15) is 11.8 Å². The van der Waals surface area contributed by atoms with Crippen LogP contribution >= 0.6 is 11.8 Å². The molecule has 1 aromatic rings. The first-order valence-electron chi connectivity index (χ1n) is 6.78. The van der Waals surface area contributed by atoms with Gasteiger partial charge < -0.3 is 24.8 Å². The highest BCUT2D eigenvalue weighted by atomic mass is 32.2. The second-order valence-electron chi connectivity index (χ2n) is 5.07. The Bertz CT molecular complexity index is 532. The van der Waals surface area contributed by atoms with Gasteiger partial charge in [0.15, 0.2) is 11.5 Å². The van der Waals surface area contributed by atoms with E-state index in [1.165, 1.54) is 0 Å². The molecule has 0 spiro atoms. The summed E-state index contributed by atoms with van der Waals surface area (Å²) in [6, 6.07) is 5.06. The highest BCUT2D eigenvalue weighted by Gasteiger charge is 2.34. The van der Waals surface area contributed by atoms with Gasteiger partial charge in [0, 0.05) is 31.2 Å². The normalized spacial score (nSPS) is 23.1. The highest BCUT2D eigenvalue weighted by molar-refractivity contribution is 7.99. The molecule has 0 aliphatic carbocycles. The van der Waals surface area contributed by atoms with Crippen LogP contribution in [0.15, 0.2) is 18.2 Å². The number of carbonyl (C=O) groups excluding carboxylic acids is 1. The summed E-state index contributed by atoms with van der Waals surface area (Å²) in [6.45, 7) is 0.728. The van der Waals surface area contributed by atoms with Crippen molar-refractivity contribution in [3.63, 3.8) is 0 Å². The minimum Gasteiger partial charge on any atom is -0.454 e. The van der Waals surface area contributed by atoms with Gasteiger partial charge in [-0.1, -0.05) is 0 Å². The molecule has 2 N–H and O–H groups in total. The molecule has 1 saturated heterocycles. The molecule has 114 valence electrons. The van der Waals surface area contributed by atoms with Crippen molar-refractivity contribution in [2.75, 3.05) is 37.3 Å². The van der Waals surface area contributed by atoms with Crippen molar-refractivity contribution in [3.8, 4) is 11.5 Å². The molecule has 0 bridgehead atoms. The number of rotatable bonds is 4. The third kappa shape index (κ3) is 3.19. The van der Waals surface area contributed by atoms with E-state index in [1.54, 1.807) is 25.3 Å². The lowest BCUT2D eigenvalue weighted by molar-refractivity contribution is 0.0161. The molecule has 0 unspecified atom stereocenters. The molecule has 2 amide bonds. The maximum absolute atomic E-state index is 12.0. The number of fused-ring (bicyclic) bond motifs is 1. The third-order valence-electron chi connectivity index (χ3n) is 3.70. The van der Waals surface area contributed by atoms with Gasteiger partial charge in [0.25, 0.3) is 0 Å². The summed E-state index contributed by atoms with van der Waals surface area (Å²) < 4.78 is 16.1. The van der Waals surface area contributed by atoms with E-state index in [0.29, 0.717) is 23.7 Å². The number of nitrogens with one attached hydrogen (secondary N) is 2. The van der Waals surface area contributed by atoms with Gasteiger partial charge in [-0.15, -0.1) is 0 Å². The summed E-state index contributed by atoms with van der Waals surface area (Å²) >= 11 is 1.85. The van der Waals surface area contributed by atoms with E-state index in [-0.39, 0.29) is 18.4 Å². The van der Waals surface area contributed by atoms with Crippen molar-refractivity contribution in [1.29, 1.82) is 0 Å². The molecule has 21 heavy (non-hydrogen) atoms. The molecule has 1 aromatic carbocycles. The lowest BCUT2D eigenvalue weighted by Crippen LogP contribution is -2.45. The fourth-order valence-corrected chi connectivity index (χ4v) is 3.75. The van der Waals surface area contributed by atoms with E-state index in [2.05, 4.69) is 10.6 Å². The summed E-state index contributed by atoms with van der Waals surface area (Å²) in [7, 11) is 1.70. The molecule has 6 nitrogen and oxygen atoms in total. The Kier molecular flexibility index (Phi) is 4.12. The van der Waals surface area contributed by atoms with Gasteiger partial charge in [0.2, 0.25) is 6.79 Å². The van der Waals surface area contributed by atoms with Crippen LogP contribution in [0, 0.1) is 0 Å². The number of carbonyl (C=O) groups is 1. The van der Waals surface area contributed by atoms with Gasteiger partial charge in [0.05, 0.1) is 5.60 Å². The van der Waals surface area contributed by atoms with Crippen molar-refractivity contribution in [2.45, 2.75) is 12.0 Å². The number of hydrogen-bond acceptors (Lipinski definition) is 5. The molecular formula is C14H18N2O4S. The van der Waals surface area contributed by atoms with Gasteiger partial charge in [-0.3, -0.25) is 0 Å². The van der Waals surface area contributed by atoms with Crippen molar-refractivity contribution >= 4 is 23.5 Å². The Hall–Kier alpha value is -1.60. The van der Waals surface area contributed by atoms with E-state index in [1.807, 2.05) is 11.8 Å². The zero-order valence-corrected chi connectivity index (χ0v) is 12.6. The van der Waals surface area contributed by atoms with Crippen LogP contribution in [-0.2, 0) is 4.74 Å². The smallest absolute Gasteiger partial charge is 0.319 e. The molecule has 2 heterocycles. The van der Waals surface area contributed by atoms with Crippen molar-refractivity contribution in [1.82, 2.24) is 5.32 Å². The van der Waals surface area contributed by atoms with E-state index in [9.17, 15) is 4.79 Å². The lowest BCUT2D eigenvalue weighted by Gasteiger charge is -2.26. The molecule has 7 heteroatoms. The van der Waals surface area contributed by atoms with Gasteiger partial charge in [0.1, 0.15) is 0 Å². The number of amides is 2. The summed E-state index contributed by atoms with van der Waals surface area (Å²) in [5, 5.41) is 5.66. The molecule has 0 aromatic heterocycles. The summed E-state index contributed by atoms with van der Waals surface area (Å²) in [5.74, 6) is 3.32. The average Bonchev–Trinajstić information content (AvgIpc) is 3.14. The number of methoxy groups -OCH3 is 1. The van der Waals surface area contributed by atoms with Crippen LogP contribution in [0.25, 0.3) is 0 Å². The summed E-state index contributed by atoms with van der Waals surface area (Å²) in [6.07, 6.45) is 0.957. The Morgan fingerprint density at radius 3 is 3.05 bits per heavy atom. The number of anilines is 1. The predicted molar refractivity (Wildman–Crippen MR) is 81.3 cm³/mol. The number of ether oxygens (including phenoxy) is 3. The number of hydrogen-bond donors (Lipinski definition) is 2. The van der Waals surface area contributed by atoms with E-state index in [4.69, 9.17) is 14.2 Å². The number of benzene rings is 1. The van der Waals surface area contributed by atoms with E-state index >= 15 is 0 Å². The average molecular weight is 310 g/mol. The molecule has 0 radical (unpaired) electrons. The summed E-state index contributed by atoms with van der Waals surface area (Å²) in [4.78, 5) is 12.0. The summed E-state index contributed by atoms with van der Waals surface area (Å²) in [5.41, 5.74) is 0.431. The van der Waals surface area contributed by atoms with Crippen LogP contribution in [0.2, 0.25) is 0 Å². The monoisotopic (exact) mass is 310 g/mol. The number of thioether (sulfide) groups is 1. The highest BCUT2D eigenvalue weighted by Crippen LogP contribution is 2.34. The first-order chi connectivity index (χ1) is 10.2. The second kappa shape index (κ2) is 6.03. The van der Waals surface area contributed by atoms with Crippen molar-refractivity contribution in [2.24, 2.45) is 0 Å². The molecule has 1 fully saturated rings. The quantitative estimate of drug-likeness (QED) is 0.891. The molecule has 2 aliphatic heterocycles. The second-order valence-corrected chi connectivity index (χ2v) is 6.17. The first-order valence-corrected chi connectivity index (χ1v) is 7.94. The van der Waals surface area contributed by atoms with E-state index < -0.39 is 0 Å². The Morgan fingerprint density at radius 2 is 2.29 bits per heavy atom. The minimum atomic E-state index is -0.248. The predicted octanol–water partition coefficient (Wildman–Crippen LogP) is 2.06. The number of urea groups is 1. The molecule has 2 aliphatic rings. The van der Waals surface area contributed by atoms with Crippen LogP contribution < -0.4 is 20.1 Å². The zero-order chi connectivity index (χ0) is 14.7. The van der Waals surface area contributed by atoms with Crippen LogP contribution in [0.5, 0.6) is 11.5 Å². The van der Waals surface area contributed by atoms with Gasteiger partial charge >= 0.3 is 6.03 Å². The standard InChI is InChI=1S/C14H18N2O4S/c1-18-14(4-5-21-8-14)7-15-13(17)16-10-2-3-11-12(6-10)20-9-19-11/h2-3,6H,4-5,7-9H2,1H3,(H2,15,16,17)/t14-/m0/s1. The van der Waals surface area contributed by atoms with Gasteiger partial charge in [-0.05, 0) is 24.3 Å². The Balaban J connectivity index is 1.54. The maximum Gasteiger partial charge on any atom is 0.319 e. The van der Waals surface area contributed by atoms with Crippen LogP contribution in [0.4, 0.5) is 10.5 Å². The molecule has 3 rings (SSSR count). The lowest BCUT2D eigenvalue weighted by atomic mass is 10.0. The fraction of sp³-hybridized carbons (Fsp3) is 0.500. The minimum absolute atomic E-state index is 0.221. The Morgan fingerprint density at radius 1 is 1.43 bits per heavy atom. The van der Waals surface area contributed by atoms with Crippen molar-refractivity contribution < 1.29 is 19.0 Å². The molecule has 0 saturated carbocycles. The van der Waals surface area contributed by atoms with Crippen molar-refractivity contribution in [3.05, 3.63) is 18.2 Å². The molecular weight excluding hydrogens is 292 g/mol. The van der Waals surface area contributed by atoms with Crippen LogP contribution in [0.1, 0.15) is 6.42 Å². The maximum atomic E-state index is 12.0. The molecule has 1 atom stereocenters. The SMILES string of the molecule is CO[C@]1(CNC(=O)Nc2ccc3c(c2)OCO3)CCSC1. The Labute approximate surface area is 127 Å². The van der Waals surface area contributed by atoms with Gasteiger partial charge in [-0.25, -0.2) is 4.79 Å². The zero-order valence-electron chi connectivity index (χ0n) is 11.8. The van der Waals surface area contributed by atoms with Crippen LogP contribution in [-0.4, -0.2) is 43.6 Å². The van der Waals surface area contributed by atoms with E-state index in [0.717, 1.165) is 17.9 Å².